The topological polar surface area (TPSA) is 26.0 Å². The van der Waals surface area contributed by atoms with Crippen LogP contribution in [0, 0.1) is 6.92 Å². The second-order valence-corrected chi connectivity index (χ2v) is 4.47. The van der Waals surface area contributed by atoms with E-state index in [9.17, 15) is 0 Å². The zero-order valence-corrected chi connectivity index (χ0v) is 9.33. The van der Waals surface area contributed by atoms with E-state index in [1.165, 1.54) is 11.1 Å². The molecule has 2 N–H and O–H groups in total. The van der Waals surface area contributed by atoms with Crippen LogP contribution in [0.25, 0.3) is 0 Å². The van der Waals surface area contributed by atoms with Crippen molar-refractivity contribution in [3.05, 3.63) is 59.3 Å². The van der Waals surface area contributed by atoms with Gasteiger partial charge in [0.15, 0.2) is 0 Å². The molecule has 1 aliphatic rings. The minimum Gasteiger partial charge on any atom is -0.399 e. The van der Waals surface area contributed by atoms with Crippen molar-refractivity contribution in [2.24, 2.45) is 5.73 Å². The van der Waals surface area contributed by atoms with Gasteiger partial charge in [0.05, 0.1) is 0 Å². The third kappa shape index (κ3) is 1.82. The lowest BCUT2D eigenvalue weighted by Gasteiger charge is -2.29. The molecule has 1 nitrogen and oxygen atoms in total. The zero-order chi connectivity index (χ0) is 10.9. The predicted molar refractivity (Wildman–Crippen MR) is 64.6 cm³/mol. The molecule has 0 radical (unpaired) electrons. The first-order valence-electron chi connectivity index (χ1n) is 5.33. The third-order valence-electron chi connectivity index (χ3n) is 3.17. The smallest absolute Gasteiger partial charge is 0.0270 e. The lowest BCUT2D eigenvalue weighted by molar-refractivity contribution is 0.592. The number of allylic oxidation sites excluding steroid dienone is 3. The standard InChI is InChI=1S/C14H17N/c1-11-5-3-4-6-13(11)14(2)9-7-12(15)8-10-14/h3-9H,10,15H2,1-2H3. The number of rotatable bonds is 1. The van der Waals surface area contributed by atoms with Crippen molar-refractivity contribution in [1.29, 1.82) is 0 Å². The van der Waals surface area contributed by atoms with E-state index in [1.807, 2.05) is 6.08 Å². The van der Waals surface area contributed by atoms with Crippen LogP contribution in [-0.4, -0.2) is 0 Å². The van der Waals surface area contributed by atoms with Crippen LogP contribution < -0.4 is 5.73 Å². The van der Waals surface area contributed by atoms with Gasteiger partial charge in [-0.1, -0.05) is 43.3 Å². The first kappa shape index (κ1) is 10.0. The van der Waals surface area contributed by atoms with Gasteiger partial charge in [0.25, 0.3) is 0 Å². The summed E-state index contributed by atoms with van der Waals surface area (Å²) in [5.74, 6) is 0. The Kier molecular flexibility index (Phi) is 2.39. The molecule has 0 amide bonds. The number of aryl methyl sites for hydroxylation is 1. The predicted octanol–water partition coefficient (Wildman–Crippen LogP) is 3.06. The van der Waals surface area contributed by atoms with E-state index in [1.54, 1.807) is 0 Å². The van der Waals surface area contributed by atoms with Gasteiger partial charge in [-0.05, 0) is 30.5 Å². The fourth-order valence-corrected chi connectivity index (χ4v) is 2.16. The first-order chi connectivity index (χ1) is 7.12. The van der Waals surface area contributed by atoms with Crippen molar-refractivity contribution >= 4 is 0 Å². The maximum absolute atomic E-state index is 5.75. The fraction of sp³-hybridized carbons (Fsp3) is 0.286. The van der Waals surface area contributed by atoms with Crippen LogP contribution in [0.5, 0.6) is 0 Å². The molecule has 1 unspecified atom stereocenters. The molecule has 0 saturated carbocycles. The molecule has 0 aliphatic heterocycles. The summed E-state index contributed by atoms with van der Waals surface area (Å²) in [5, 5.41) is 0. The summed E-state index contributed by atoms with van der Waals surface area (Å²) in [6.07, 6.45) is 7.31. The molecule has 1 atom stereocenters. The largest absolute Gasteiger partial charge is 0.399 e. The molecule has 0 bridgehead atoms. The highest BCUT2D eigenvalue weighted by molar-refractivity contribution is 5.41. The van der Waals surface area contributed by atoms with Crippen LogP contribution >= 0.6 is 0 Å². The summed E-state index contributed by atoms with van der Waals surface area (Å²) in [4.78, 5) is 0. The molecule has 0 saturated heterocycles. The summed E-state index contributed by atoms with van der Waals surface area (Å²) in [6, 6.07) is 8.55. The third-order valence-corrected chi connectivity index (χ3v) is 3.17. The van der Waals surface area contributed by atoms with Crippen molar-refractivity contribution in [2.45, 2.75) is 25.7 Å². The lowest BCUT2D eigenvalue weighted by Crippen LogP contribution is -2.22. The molecule has 1 aliphatic carbocycles. The lowest BCUT2D eigenvalue weighted by atomic mass is 9.75. The normalized spacial score (nSPS) is 25.1. The van der Waals surface area contributed by atoms with Crippen LogP contribution in [0.1, 0.15) is 24.5 Å². The summed E-state index contributed by atoms with van der Waals surface area (Å²) in [5.41, 5.74) is 9.47. The number of hydrogen-bond donors (Lipinski definition) is 1. The van der Waals surface area contributed by atoms with E-state index >= 15 is 0 Å². The van der Waals surface area contributed by atoms with Gasteiger partial charge in [-0.3, -0.25) is 0 Å². The van der Waals surface area contributed by atoms with E-state index in [0.717, 1.165) is 12.1 Å². The highest BCUT2D eigenvalue weighted by Crippen LogP contribution is 2.34. The summed E-state index contributed by atoms with van der Waals surface area (Å²) >= 11 is 0. The number of hydrogen-bond acceptors (Lipinski definition) is 1. The average Bonchev–Trinajstić information content (AvgIpc) is 2.23. The summed E-state index contributed by atoms with van der Waals surface area (Å²) < 4.78 is 0. The molecular formula is C14H17N. The molecule has 78 valence electrons. The number of benzene rings is 1. The maximum atomic E-state index is 5.75. The molecule has 0 aromatic heterocycles. The van der Waals surface area contributed by atoms with Crippen LogP contribution in [0.3, 0.4) is 0 Å². The minimum absolute atomic E-state index is 0.105. The van der Waals surface area contributed by atoms with Crippen molar-refractivity contribution in [2.75, 3.05) is 0 Å². The second-order valence-electron chi connectivity index (χ2n) is 4.47. The Morgan fingerprint density at radius 1 is 1.27 bits per heavy atom. The molecule has 0 fully saturated rings. The Balaban J connectivity index is 2.40. The monoisotopic (exact) mass is 199 g/mol. The van der Waals surface area contributed by atoms with Crippen molar-refractivity contribution in [3.8, 4) is 0 Å². The SMILES string of the molecule is Cc1ccccc1C1(C)C=CC(N)=CC1. The summed E-state index contributed by atoms with van der Waals surface area (Å²) in [7, 11) is 0. The Hall–Kier alpha value is -1.50. The maximum Gasteiger partial charge on any atom is 0.0270 e. The highest BCUT2D eigenvalue weighted by Gasteiger charge is 2.25. The minimum atomic E-state index is 0.105. The summed E-state index contributed by atoms with van der Waals surface area (Å²) in [6.45, 7) is 4.42. The molecule has 2 rings (SSSR count). The van der Waals surface area contributed by atoms with Gasteiger partial charge >= 0.3 is 0 Å². The highest BCUT2D eigenvalue weighted by atomic mass is 14.6. The van der Waals surface area contributed by atoms with E-state index < -0.39 is 0 Å². The molecule has 1 heteroatoms. The van der Waals surface area contributed by atoms with E-state index in [-0.39, 0.29) is 5.41 Å². The first-order valence-corrected chi connectivity index (χ1v) is 5.33. The van der Waals surface area contributed by atoms with Crippen molar-refractivity contribution in [1.82, 2.24) is 0 Å². The van der Waals surface area contributed by atoms with Crippen molar-refractivity contribution < 1.29 is 0 Å². The molecule has 1 aromatic carbocycles. The van der Waals surface area contributed by atoms with E-state index in [2.05, 4.69) is 50.3 Å². The molecular weight excluding hydrogens is 182 g/mol. The van der Waals surface area contributed by atoms with E-state index in [4.69, 9.17) is 5.73 Å². The van der Waals surface area contributed by atoms with Gasteiger partial charge in [-0.15, -0.1) is 0 Å². The van der Waals surface area contributed by atoms with Crippen molar-refractivity contribution in [3.63, 3.8) is 0 Å². The molecule has 0 spiro atoms. The molecule has 15 heavy (non-hydrogen) atoms. The van der Waals surface area contributed by atoms with Gasteiger partial charge in [0, 0.05) is 11.1 Å². The molecule has 0 heterocycles. The van der Waals surface area contributed by atoms with Gasteiger partial charge < -0.3 is 5.73 Å². The van der Waals surface area contributed by atoms with Crippen LogP contribution in [0.15, 0.2) is 48.2 Å². The van der Waals surface area contributed by atoms with Gasteiger partial charge in [-0.2, -0.15) is 0 Å². The fourth-order valence-electron chi connectivity index (χ4n) is 2.16. The Morgan fingerprint density at radius 3 is 2.60 bits per heavy atom. The van der Waals surface area contributed by atoms with Crippen LogP contribution in [-0.2, 0) is 5.41 Å². The van der Waals surface area contributed by atoms with E-state index in [0.29, 0.717) is 0 Å². The Labute approximate surface area is 91.3 Å². The molecule has 1 aromatic rings. The van der Waals surface area contributed by atoms with Gasteiger partial charge in [0.2, 0.25) is 0 Å². The Morgan fingerprint density at radius 2 is 2.00 bits per heavy atom. The quantitative estimate of drug-likeness (QED) is 0.739. The Bertz CT molecular complexity index is 429. The van der Waals surface area contributed by atoms with Gasteiger partial charge in [-0.25, -0.2) is 0 Å². The zero-order valence-electron chi connectivity index (χ0n) is 9.33. The van der Waals surface area contributed by atoms with Crippen LogP contribution in [0.4, 0.5) is 0 Å². The van der Waals surface area contributed by atoms with Crippen LogP contribution in [0.2, 0.25) is 0 Å². The van der Waals surface area contributed by atoms with Gasteiger partial charge in [0.1, 0.15) is 0 Å². The average molecular weight is 199 g/mol. The second kappa shape index (κ2) is 3.58. The number of nitrogens with two attached hydrogens (primary N) is 1.